The maximum Gasteiger partial charge on any atom is 0.227 e. The van der Waals surface area contributed by atoms with Gasteiger partial charge in [-0.15, -0.1) is 0 Å². The molecule has 0 saturated heterocycles. The molecule has 1 atom stereocenters. The minimum Gasteiger partial charge on any atom is -0.328 e. The summed E-state index contributed by atoms with van der Waals surface area (Å²) in [5.41, 5.74) is 9.44. The molecule has 2 N–H and O–H groups in total. The minimum atomic E-state index is 0.181. The van der Waals surface area contributed by atoms with Gasteiger partial charge in [0.05, 0.1) is 0 Å². The third-order valence-electron chi connectivity index (χ3n) is 3.22. The summed E-state index contributed by atoms with van der Waals surface area (Å²) in [6.45, 7) is 4.78. The first-order valence-corrected chi connectivity index (χ1v) is 6.29. The highest BCUT2D eigenvalue weighted by Crippen LogP contribution is 2.28. The van der Waals surface area contributed by atoms with Crippen LogP contribution in [0.3, 0.4) is 0 Å². The van der Waals surface area contributed by atoms with Gasteiger partial charge in [-0.05, 0) is 43.9 Å². The van der Waals surface area contributed by atoms with Crippen molar-refractivity contribution in [3.05, 3.63) is 29.3 Å². The van der Waals surface area contributed by atoms with Crippen LogP contribution in [-0.2, 0) is 17.6 Å². The number of benzene rings is 1. The van der Waals surface area contributed by atoms with Crippen LogP contribution in [0, 0.1) is 0 Å². The van der Waals surface area contributed by atoms with Crippen LogP contribution in [0.4, 0.5) is 5.69 Å². The van der Waals surface area contributed by atoms with E-state index in [2.05, 4.69) is 18.2 Å². The smallest absolute Gasteiger partial charge is 0.227 e. The van der Waals surface area contributed by atoms with Gasteiger partial charge in [0.15, 0.2) is 0 Å². The third kappa shape index (κ3) is 2.50. The van der Waals surface area contributed by atoms with E-state index in [1.807, 2.05) is 18.7 Å². The number of nitrogens with two attached hydrogens (primary N) is 1. The van der Waals surface area contributed by atoms with Crippen molar-refractivity contribution in [2.24, 2.45) is 5.73 Å². The zero-order valence-corrected chi connectivity index (χ0v) is 10.6. The average molecular weight is 232 g/mol. The van der Waals surface area contributed by atoms with E-state index >= 15 is 0 Å². The van der Waals surface area contributed by atoms with E-state index < -0.39 is 0 Å². The second-order valence-electron chi connectivity index (χ2n) is 4.78. The summed E-state index contributed by atoms with van der Waals surface area (Å²) in [7, 11) is 0. The van der Waals surface area contributed by atoms with Gasteiger partial charge in [0.2, 0.25) is 5.91 Å². The number of rotatable bonds is 3. The van der Waals surface area contributed by atoms with Crippen LogP contribution in [0.1, 0.15) is 31.4 Å². The fourth-order valence-corrected chi connectivity index (χ4v) is 2.46. The van der Waals surface area contributed by atoms with E-state index in [1.165, 1.54) is 11.1 Å². The Balaban J connectivity index is 2.31. The summed E-state index contributed by atoms with van der Waals surface area (Å²) in [4.78, 5) is 13.6. The highest BCUT2D eigenvalue weighted by Gasteiger charge is 2.22. The van der Waals surface area contributed by atoms with Crippen LogP contribution in [0.25, 0.3) is 0 Å². The largest absolute Gasteiger partial charge is 0.328 e. The molecule has 0 spiro atoms. The van der Waals surface area contributed by atoms with Gasteiger partial charge in [-0.3, -0.25) is 4.79 Å². The van der Waals surface area contributed by atoms with Crippen LogP contribution in [0.15, 0.2) is 18.2 Å². The van der Waals surface area contributed by atoms with Gasteiger partial charge in [0.1, 0.15) is 0 Å². The lowest BCUT2D eigenvalue weighted by molar-refractivity contribution is -0.118. The zero-order chi connectivity index (χ0) is 12.4. The lowest BCUT2D eigenvalue weighted by Gasteiger charge is -2.28. The maximum atomic E-state index is 11.8. The van der Waals surface area contributed by atoms with Gasteiger partial charge < -0.3 is 10.6 Å². The molecule has 1 amide bonds. The summed E-state index contributed by atoms with van der Waals surface area (Å²) in [5.74, 6) is 0.236. The second-order valence-corrected chi connectivity index (χ2v) is 4.78. The van der Waals surface area contributed by atoms with Gasteiger partial charge >= 0.3 is 0 Å². The van der Waals surface area contributed by atoms with Crippen LogP contribution < -0.4 is 10.6 Å². The summed E-state index contributed by atoms with van der Waals surface area (Å²) in [5, 5.41) is 0. The van der Waals surface area contributed by atoms with Crippen molar-refractivity contribution in [3.63, 3.8) is 0 Å². The number of hydrogen-bond donors (Lipinski definition) is 1. The molecular weight excluding hydrogens is 212 g/mol. The van der Waals surface area contributed by atoms with Crippen molar-refractivity contribution in [1.29, 1.82) is 0 Å². The van der Waals surface area contributed by atoms with E-state index in [0.29, 0.717) is 6.42 Å². The van der Waals surface area contributed by atoms with Gasteiger partial charge in [-0.1, -0.05) is 12.1 Å². The molecule has 1 aromatic carbocycles. The van der Waals surface area contributed by atoms with Crippen molar-refractivity contribution in [2.75, 3.05) is 11.4 Å². The van der Waals surface area contributed by atoms with Crippen LogP contribution in [0.2, 0.25) is 0 Å². The molecule has 0 radical (unpaired) electrons. The fourth-order valence-electron chi connectivity index (χ4n) is 2.46. The van der Waals surface area contributed by atoms with Crippen molar-refractivity contribution in [1.82, 2.24) is 0 Å². The standard InChI is InChI=1S/C14H20N2O/c1-3-16-13-6-4-11(8-10(2)15)9-12(13)5-7-14(16)17/h4,6,9-10H,3,5,7-8,15H2,1-2H3. The second kappa shape index (κ2) is 4.88. The van der Waals surface area contributed by atoms with Crippen LogP contribution in [0.5, 0.6) is 0 Å². The van der Waals surface area contributed by atoms with Crippen LogP contribution >= 0.6 is 0 Å². The predicted molar refractivity (Wildman–Crippen MR) is 70.1 cm³/mol. The van der Waals surface area contributed by atoms with Gasteiger partial charge in [0, 0.05) is 24.7 Å². The van der Waals surface area contributed by atoms with Crippen molar-refractivity contribution < 1.29 is 4.79 Å². The summed E-state index contributed by atoms with van der Waals surface area (Å²) < 4.78 is 0. The Morgan fingerprint density at radius 1 is 1.41 bits per heavy atom. The van der Waals surface area contributed by atoms with E-state index in [4.69, 9.17) is 5.73 Å². The summed E-state index contributed by atoms with van der Waals surface area (Å²) in [6, 6.07) is 6.53. The van der Waals surface area contributed by atoms with E-state index in [0.717, 1.165) is 25.1 Å². The van der Waals surface area contributed by atoms with Crippen molar-refractivity contribution in [3.8, 4) is 0 Å². The molecule has 1 aliphatic rings. The highest BCUT2D eigenvalue weighted by atomic mass is 16.2. The summed E-state index contributed by atoms with van der Waals surface area (Å²) in [6.07, 6.45) is 2.38. The molecule has 3 nitrogen and oxygen atoms in total. The Morgan fingerprint density at radius 3 is 2.82 bits per heavy atom. The molecule has 1 heterocycles. The molecule has 1 unspecified atom stereocenters. The number of fused-ring (bicyclic) bond motifs is 1. The molecule has 92 valence electrons. The van der Waals surface area contributed by atoms with Crippen molar-refractivity contribution in [2.45, 2.75) is 39.2 Å². The number of anilines is 1. The average Bonchev–Trinajstić information content (AvgIpc) is 2.28. The maximum absolute atomic E-state index is 11.8. The first kappa shape index (κ1) is 12.1. The number of hydrogen-bond acceptors (Lipinski definition) is 2. The van der Waals surface area contributed by atoms with Crippen LogP contribution in [-0.4, -0.2) is 18.5 Å². The fraction of sp³-hybridized carbons (Fsp3) is 0.500. The SMILES string of the molecule is CCN1C(=O)CCc2cc(CC(C)N)ccc21. The topological polar surface area (TPSA) is 46.3 Å². The predicted octanol–water partition coefficient (Wildman–Crippen LogP) is 1.88. The monoisotopic (exact) mass is 232 g/mol. The number of aryl methyl sites for hydroxylation is 1. The normalized spacial score (nSPS) is 16.9. The Bertz CT molecular complexity index is 426. The van der Waals surface area contributed by atoms with Gasteiger partial charge in [-0.2, -0.15) is 0 Å². The summed E-state index contributed by atoms with van der Waals surface area (Å²) >= 11 is 0. The van der Waals surface area contributed by atoms with Gasteiger partial charge in [-0.25, -0.2) is 0 Å². The number of carbonyl (C=O) groups excluding carboxylic acids is 1. The van der Waals surface area contributed by atoms with E-state index in [1.54, 1.807) is 0 Å². The lowest BCUT2D eigenvalue weighted by Crippen LogP contribution is -2.34. The Morgan fingerprint density at radius 2 is 2.18 bits per heavy atom. The molecule has 17 heavy (non-hydrogen) atoms. The number of nitrogens with zero attached hydrogens (tertiary/aromatic N) is 1. The quantitative estimate of drug-likeness (QED) is 0.865. The first-order chi connectivity index (χ1) is 8.11. The number of amides is 1. The Labute approximate surface area is 103 Å². The Kier molecular flexibility index (Phi) is 3.48. The lowest BCUT2D eigenvalue weighted by atomic mass is 9.96. The molecular formula is C14H20N2O. The molecule has 3 heteroatoms. The van der Waals surface area contributed by atoms with Crippen molar-refractivity contribution >= 4 is 11.6 Å². The first-order valence-electron chi connectivity index (χ1n) is 6.29. The molecule has 0 saturated carbocycles. The number of carbonyl (C=O) groups is 1. The molecule has 1 aromatic rings. The molecule has 0 fully saturated rings. The highest BCUT2D eigenvalue weighted by molar-refractivity contribution is 5.96. The zero-order valence-electron chi connectivity index (χ0n) is 10.6. The molecule has 2 rings (SSSR count). The van der Waals surface area contributed by atoms with E-state index in [9.17, 15) is 4.79 Å². The minimum absolute atomic E-state index is 0.181. The molecule has 0 aromatic heterocycles. The third-order valence-corrected chi connectivity index (χ3v) is 3.22. The van der Waals surface area contributed by atoms with E-state index in [-0.39, 0.29) is 11.9 Å². The molecule has 0 aliphatic carbocycles. The molecule has 0 bridgehead atoms. The molecule has 1 aliphatic heterocycles. The Hall–Kier alpha value is -1.35. The van der Waals surface area contributed by atoms with Gasteiger partial charge in [0.25, 0.3) is 0 Å².